The quantitative estimate of drug-likeness (QED) is 0.655. The van der Waals surface area contributed by atoms with Crippen molar-refractivity contribution < 1.29 is 28.9 Å². The van der Waals surface area contributed by atoms with Crippen LogP contribution < -0.4 is 9.64 Å². The highest BCUT2D eigenvalue weighted by Crippen LogP contribution is 2.19. The number of amides is 1. The Labute approximate surface area is 170 Å². The maximum Gasteiger partial charge on any atom is 0.414 e. The Morgan fingerprint density at radius 2 is 1.79 bits per heavy atom. The van der Waals surface area contributed by atoms with Gasteiger partial charge in [0.2, 0.25) is 0 Å². The third-order valence-corrected chi connectivity index (χ3v) is 4.41. The Hall–Kier alpha value is -3.06. The average molecular weight is 401 g/mol. The highest BCUT2D eigenvalue weighted by molar-refractivity contribution is 5.87. The molecular weight excluding hydrogens is 374 g/mol. The van der Waals surface area contributed by atoms with Crippen LogP contribution in [0.15, 0.2) is 48.5 Å². The molecule has 0 saturated heterocycles. The van der Waals surface area contributed by atoms with Crippen molar-refractivity contribution in [2.75, 3.05) is 32.3 Å². The monoisotopic (exact) mass is 401 g/mol. The highest BCUT2D eigenvalue weighted by Gasteiger charge is 2.18. The number of carboxylic acids is 1. The van der Waals surface area contributed by atoms with Crippen LogP contribution in [0.25, 0.3) is 0 Å². The molecule has 0 heterocycles. The molecule has 0 aromatic heterocycles. The van der Waals surface area contributed by atoms with Gasteiger partial charge in [-0.2, -0.15) is 0 Å². The summed E-state index contributed by atoms with van der Waals surface area (Å²) in [5.41, 5.74) is 2.53. The largest absolute Gasteiger partial charge is 0.497 e. The molecule has 0 aliphatic carbocycles. The van der Waals surface area contributed by atoms with Crippen molar-refractivity contribution >= 4 is 17.7 Å². The zero-order valence-electron chi connectivity index (χ0n) is 17.0. The first-order valence-corrected chi connectivity index (χ1v) is 9.41. The minimum Gasteiger partial charge on any atom is -0.497 e. The summed E-state index contributed by atoms with van der Waals surface area (Å²) >= 11 is 0. The zero-order chi connectivity index (χ0) is 21.2. The third kappa shape index (κ3) is 6.80. The molecule has 2 aromatic rings. The van der Waals surface area contributed by atoms with Crippen LogP contribution in [0.5, 0.6) is 5.75 Å². The second-order valence-corrected chi connectivity index (χ2v) is 6.43. The third-order valence-electron chi connectivity index (χ3n) is 4.41. The standard InChI is InChI=1S/C22H27NO6/c1-4-28-20(21(24)25)15-17-7-5-6-16(14-17)12-13-29-22(26)23(2)18-8-10-19(27-3)11-9-18/h5-11,14,20H,4,12-13,15H2,1-3H3,(H,24,25). The van der Waals surface area contributed by atoms with Crippen LogP contribution in [0.2, 0.25) is 0 Å². The fourth-order valence-electron chi connectivity index (χ4n) is 2.81. The van der Waals surface area contributed by atoms with E-state index >= 15 is 0 Å². The van der Waals surface area contributed by atoms with Gasteiger partial charge in [0.25, 0.3) is 0 Å². The van der Waals surface area contributed by atoms with Gasteiger partial charge in [0, 0.05) is 32.2 Å². The zero-order valence-corrected chi connectivity index (χ0v) is 17.0. The van der Waals surface area contributed by atoms with E-state index in [-0.39, 0.29) is 13.0 Å². The van der Waals surface area contributed by atoms with E-state index in [1.807, 2.05) is 24.3 Å². The van der Waals surface area contributed by atoms with E-state index in [2.05, 4.69) is 0 Å². The normalized spacial score (nSPS) is 11.6. The molecule has 7 heteroatoms. The van der Waals surface area contributed by atoms with E-state index in [0.717, 1.165) is 11.1 Å². The summed E-state index contributed by atoms with van der Waals surface area (Å²) in [5, 5.41) is 9.22. The van der Waals surface area contributed by atoms with Gasteiger partial charge >= 0.3 is 12.1 Å². The highest BCUT2D eigenvalue weighted by atomic mass is 16.6. The number of ether oxygens (including phenoxy) is 3. The summed E-state index contributed by atoms with van der Waals surface area (Å²) in [6, 6.07) is 14.7. The molecule has 156 valence electrons. The number of hydrogen-bond donors (Lipinski definition) is 1. The number of nitrogens with zero attached hydrogens (tertiary/aromatic N) is 1. The van der Waals surface area contributed by atoms with Crippen molar-refractivity contribution in [2.24, 2.45) is 0 Å². The number of carbonyl (C=O) groups is 2. The van der Waals surface area contributed by atoms with Gasteiger partial charge in [-0.05, 0) is 42.3 Å². The number of hydrogen-bond acceptors (Lipinski definition) is 5. The number of carboxylic acid groups (broad SMARTS) is 1. The summed E-state index contributed by atoms with van der Waals surface area (Å²) in [6.45, 7) is 2.33. The Balaban J connectivity index is 1.87. The van der Waals surface area contributed by atoms with Crippen molar-refractivity contribution in [2.45, 2.75) is 25.9 Å². The molecule has 2 aromatic carbocycles. The van der Waals surface area contributed by atoms with Crippen molar-refractivity contribution in [3.8, 4) is 5.75 Å². The maximum absolute atomic E-state index is 12.2. The van der Waals surface area contributed by atoms with Crippen molar-refractivity contribution in [1.29, 1.82) is 0 Å². The summed E-state index contributed by atoms with van der Waals surface area (Å²) in [5.74, 6) is -0.266. The molecule has 0 spiro atoms. The molecule has 0 radical (unpaired) electrons. The van der Waals surface area contributed by atoms with E-state index < -0.39 is 18.2 Å². The second-order valence-electron chi connectivity index (χ2n) is 6.43. The van der Waals surface area contributed by atoms with Crippen LogP contribution in [-0.4, -0.2) is 50.6 Å². The van der Waals surface area contributed by atoms with Crippen LogP contribution in [0.3, 0.4) is 0 Å². The van der Waals surface area contributed by atoms with Crippen molar-refractivity contribution in [3.63, 3.8) is 0 Å². The molecule has 1 atom stereocenters. The van der Waals surface area contributed by atoms with Crippen LogP contribution in [-0.2, 0) is 27.1 Å². The van der Waals surface area contributed by atoms with Gasteiger partial charge in [0.15, 0.2) is 6.10 Å². The number of anilines is 1. The molecule has 7 nitrogen and oxygen atoms in total. The fourth-order valence-corrected chi connectivity index (χ4v) is 2.81. The lowest BCUT2D eigenvalue weighted by atomic mass is 10.0. The van der Waals surface area contributed by atoms with Crippen LogP contribution >= 0.6 is 0 Å². The first kappa shape index (κ1) is 22.2. The Morgan fingerprint density at radius 3 is 2.41 bits per heavy atom. The predicted molar refractivity (Wildman–Crippen MR) is 110 cm³/mol. The summed E-state index contributed by atoms with van der Waals surface area (Å²) in [7, 11) is 3.23. The molecule has 0 bridgehead atoms. The Morgan fingerprint density at radius 1 is 1.10 bits per heavy atom. The first-order chi connectivity index (χ1) is 13.9. The summed E-state index contributed by atoms with van der Waals surface area (Å²) in [4.78, 5) is 24.9. The maximum atomic E-state index is 12.2. The van der Waals surface area contributed by atoms with E-state index in [0.29, 0.717) is 24.5 Å². The Kier molecular flexibility index (Phi) is 8.48. The second kappa shape index (κ2) is 11.1. The molecule has 29 heavy (non-hydrogen) atoms. The molecular formula is C22H27NO6. The fraction of sp³-hybridized carbons (Fsp3) is 0.364. The minimum absolute atomic E-state index is 0.219. The van der Waals surface area contributed by atoms with Crippen molar-refractivity contribution in [3.05, 3.63) is 59.7 Å². The number of aliphatic carboxylic acids is 1. The number of rotatable bonds is 10. The van der Waals surface area contributed by atoms with Gasteiger partial charge in [-0.25, -0.2) is 9.59 Å². The lowest BCUT2D eigenvalue weighted by Gasteiger charge is -2.17. The van der Waals surface area contributed by atoms with Gasteiger partial charge in [-0.3, -0.25) is 4.90 Å². The Bertz CT molecular complexity index is 805. The lowest BCUT2D eigenvalue weighted by molar-refractivity contribution is -0.149. The van der Waals surface area contributed by atoms with E-state index in [4.69, 9.17) is 14.2 Å². The molecule has 1 amide bonds. The summed E-state index contributed by atoms with van der Waals surface area (Å²) in [6.07, 6.45) is -0.501. The van der Waals surface area contributed by atoms with E-state index in [1.165, 1.54) is 4.90 Å². The van der Waals surface area contributed by atoms with Gasteiger partial charge in [-0.15, -0.1) is 0 Å². The minimum atomic E-state index is -0.979. The number of methoxy groups -OCH3 is 1. The van der Waals surface area contributed by atoms with Gasteiger partial charge in [0.1, 0.15) is 5.75 Å². The van der Waals surface area contributed by atoms with Crippen LogP contribution in [0.1, 0.15) is 18.1 Å². The molecule has 0 fully saturated rings. The van der Waals surface area contributed by atoms with Crippen molar-refractivity contribution in [1.82, 2.24) is 0 Å². The summed E-state index contributed by atoms with van der Waals surface area (Å²) < 4.78 is 15.7. The lowest BCUT2D eigenvalue weighted by Crippen LogP contribution is -2.27. The van der Waals surface area contributed by atoms with Gasteiger partial charge < -0.3 is 19.3 Å². The van der Waals surface area contributed by atoms with Gasteiger partial charge in [0.05, 0.1) is 13.7 Å². The topological polar surface area (TPSA) is 85.3 Å². The molecule has 0 aliphatic rings. The van der Waals surface area contributed by atoms with Crippen LogP contribution in [0, 0.1) is 0 Å². The molecule has 0 saturated carbocycles. The SMILES string of the molecule is CCOC(Cc1cccc(CCOC(=O)N(C)c2ccc(OC)cc2)c1)C(=O)O. The van der Waals surface area contributed by atoms with E-state index in [9.17, 15) is 14.7 Å². The number of carbonyl (C=O) groups excluding carboxylic acids is 1. The average Bonchev–Trinajstić information content (AvgIpc) is 2.73. The molecule has 1 N–H and O–H groups in total. The van der Waals surface area contributed by atoms with E-state index in [1.54, 1.807) is 45.3 Å². The van der Waals surface area contributed by atoms with Crippen LogP contribution in [0.4, 0.5) is 10.5 Å². The first-order valence-electron chi connectivity index (χ1n) is 9.41. The smallest absolute Gasteiger partial charge is 0.414 e. The molecule has 2 rings (SSSR count). The number of benzene rings is 2. The van der Waals surface area contributed by atoms with Gasteiger partial charge in [-0.1, -0.05) is 24.3 Å². The predicted octanol–water partition coefficient (Wildman–Crippen LogP) is 3.54. The molecule has 1 unspecified atom stereocenters. The molecule has 0 aliphatic heterocycles.